The zero-order valence-corrected chi connectivity index (χ0v) is 14.2. The first-order valence-electron chi connectivity index (χ1n) is 8.48. The summed E-state index contributed by atoms with van der Waals surface area (Å²) in [7, 11) is 0. The molecule has 1 rings (SSSR count). The van der Waals surface area contributed by atoms with Crippen LogP contribution in [0.4, 0.5) is 0 Å². The molecule has 4 heteroatoms. The third kappa shape index (κ3) is 6.46. The Morgan fingerprint density at radius 2 is 1.32 bits per heavy atom. The molecule has 1 aromatic carbocycles. The Balaban J connectivity index is 2.81. The highest BCUT2D eigenvalue weighted by Crippen LogP contribution is 2.41. The molecule has 0 aliphatic rings. The lowest BCUT2D eigenvalue weighted by molar-refractivity contribution is 0.247. The monoisotopic (exact) mass is 310 g/mol. The van der Waals surface area contributed by atoms with Crippen LogP contribution in [0, 0.1) is 0 Å². The summed E-state index contributed by atoms with van der Waals surface area (Å²) >= 11 is 0. The number of hydrogen-bond donors (Lipinski definition) is 1. The van der Waals surface area contributed by atoms with Gasteiger partial charge in [-0.15, -0.1) is 0 Å². The molecule has 0 saturated heterocycles. The number of aromatic hydroxyl groups is 1. The molecule has 0 fully saturated rings. The molecule has 1 aromatic rings. The van der Waals surface area contributed by atoms with Crippen molar-refractivity contribution in [2.24, 2.45) is 0 Å². The van der Waals surface area contributed by atoms with E-state index in [4.69, 9.17) is 14.2 Å². The maximum Gasteiger partial charge on any atom is 0.203 e. The van der Waals surface area contributed by atoms with Gasteiger partial charge in [-0.05, 0) is 19.3 Å². The molecule has 0 bridgehead atoms. The summed E-state index contributed by atoms with van der Waals surface area (Å²) in [6, 6.07) is 3.41. The van der Waals surface area contributed by atoms with E-state index < -0.39 is 0 Å². The van der Waals surface area contributed by atoms with E-state index in [0.717, 1.165) is 38.5 Å². The molecular formula is C18H30O4. The first-order valence-corrected chi connectivity index (χ1v) is 8.48. The second-order valence-corrected chi connectivity index (χ2v) is 5.38. The molecule has 0 aliphatic heterocycles. The van der Waals surface area contributed by atoms with Gasteiger partial charge in [0.25, 0.3) is 0 Å². The van der Waals surface area contributed by atoms with Gasteiger partial charge in [0.1, 0.15) is 5.75 Å². The molecular weight excluding hydrogens is 280 g/mol. The van der Waals surface area contributed by atoms with Crippen molar-refractivity contribution in [3.63, 3.8) is 0 Å². The van der Waals surface area contributed by atoms with Gasteiger partial charge in [-0.1, -0.05) is 40.0 Å². The summed E-state index contributed by atoms with van der Waals surface area (Å²) in [6.45, 7) is 8.16. The Morgan fingerprint density at radius 3 is 1.91 bits per heavy atom. The van der Waals surface area contributed by atoms with Crippen molar-refractivity contribution >= 4 is 0 Å². The lowest BCUT2D eigenvalue weighted by atomic mass is 10.2. The lowest BCUT2D eigenvalue weighted by Gasteiger charge is -2.16. The first-order chi connectivity index (χ1) is 10.7. The molecule has 0 aliphatic carbocycles. The van der Waals surface area contributed by atoms with E-state index in [1.54, 1.807) is 6.07 Å². The van der Waals surface area contributed by atoms with Gasteiger partial charge in [-0.3, -0.25) is 0 Å². The van der Waals surface area contributed by atoms with Crippen LogP contribution < -0.4 is 14.2 Å². The summed E-state index contributed by atoms with van der Waals surface area (Å²) in [5.74, 6) is 1.69. The highest BCUT2D eigenvalue weighted by molar-refractivity contribution is 5.55. The van der Waals surface area contributed by atoms with Crippen LogP contribution in [0.15, 0.2) is 12.1 Å². The van der Waals surface area contributed by atoms with Gasteiger partial charge in [0.05, 0.1) is 19.8 Å². The summed E-state index contributed by atoms with van der Waals surface area (Å²) in [4.78, 5) is 0. The largest absolute Gasteiger partial charge is 0.504 e. The minimum atomic E-state index is 0.0802. The standard InChI is InChI=1S/C18H30O4/c1-4-7-10-20-15-13-16(19)18(22-12-9-6-3)17(14-15)21-11-8-5-2/h13-14,19H,4-12H2,1-3H3. The molecule has 0 spiro atoms. The lowest BCUT2D eigenvalue weighted by Crippen LogP contribution is -2.04. The summed E-state index contributed by atoms with van der Waals surface area (Å²) < 4.78 is 17.1. The SMILES string of the molecule is CCCCOc1cc(O)c(OCCCC)c(OCCCC)c1. The first kappa shape index (κ1) is 18.5. The molecule has 0 aromatic heterocycles. The van der Waals surface area contributed by atoms with Crippen LogP contribution in [-0.2, 0) is 0 Å². The molecule has 0 amide bonds. The zero-order chi connectivity index (χ0) is 16.2. The summed E-state index contributed by atoms with van der Waals surface area (Å²) in [6.07, 6.45) is 6.08. The van der Waals surface area contributed by atoms with E-state index >= 15 is 0 Å². The predicted octanol–water partition coefficient (Wildman–Crippen LogP) is 4.93. The van der Waals surface area contributed by atoms with Crippen LogP contribution >= 0.6 is 0 Å². The fraction of sp³-hybridized carbons (Fsp3) is 0.667. The smallest absolute Gasteiger partial charge is 0.203 e. The van der Waals surface area contributed by atoms with Crippen LogP contribution in [0.5, 0.6) is 23.0 Å². The average molecular weight is 310 g/mol. The number of benzene rings is 1. The summed E-state index contributed by atoms with van der Waals surface area (Å²) in [5, 5.41) is 10.2. The molecule has 0 saturated carbocycles. The van der Waals surface area contributed by atoms with Gasteiger partial charge < -0.3 is 19.3 Å². The van der Waals surface area contributed by atoms with Crippen LogP contribution in [0.3, 0.4) is 0 Å². The van der Waals surface area contributed by atoms with Crippen molar-refractivity contribution in [3.05, 3.63) is 12.1 Å². The third-order valence-electron chi connectivity index (χ3n) is 3.28. The van der Waals surface area contributed by atoms with Crippen molar-refractivity contribution in [1.29, 1.82) is 0 Å². The molecule has 22 heavy (non-hydrogen) atoms. The van der Waals surface area contributed by atoms with Crippen molar-refractivity contribution in [2.45, 2.75) is 59.3 Å². The number of phenols is 1. The van der Waals surface area contributed by atoms with Crippen molar-refractivity contribution in [1.82, 2.24) is 0 Å². The van der Waals surface area contributed by atoms with E-state index in [1.165, 1.54) is 0 Å². The molecule has 0 atom stereocenters. The van der Waals surface area contributed by atoms with Crippen LogP contribution in [0.2, 0.25) is 0 Å². The Morgan fingerprint density at radius 1 is 0.773 bits per heavy atom. The second-order valence-electron chi connectivity index (χ2n) is 5.38. The topological polar surface area (TPSA) is 47.9 Å². The molecule has 4 nitrogen and oxygen atoms in total. The molecule has 0 radical (unpaired) electrons. The highest BCUT2D eigenvalue weighted by Gasteiger charge is 2.14. The van der Waals surface area contributed by atoms with Gasteiger partial charge >= 0.3 is 0 Å². The van der Waals surface area contributed by atoms with Gasteiger partial charge in [-0.2, -0.15) is 0 Å². The van der Waals surface area contributed by atoms with E-state index in [-0.39, 0.29) is 5.75 Å². The minimum absolute atomic E-state index is 0.0802. The normalized spacial score (nSPS) is 10.5. The average Bonchev–Trinajstić information content (AvgIpc) is 2.50. The van der Waals surface area contributed by atoms with Gasteiger partial charge in [0, 0.05) is 12.1 Å². The third-order valence-corrected chi connectivity index (χ3v) is 3.28. The van der Waals surface area contributed by atoms with Crippen LogP contribution in [0.25, 0.3) is 0 Å². The second kappa shape index (κ2) is 11.0. The van der Waals surface area contributed by atoms with E-state index in [9.17, 15) is 5.11 Å². The van der Waals surface area contributed by atoms with E-state index in [0.29, 0.717) is 37.1 Å². The Kier molecular flexibility index (Phi) is 9.28. The van der Waals surface area contributed by atoms with Gasteiger partial charge in [-0.25, -0.2) is 0 Å². The Labute approximate surface area is 134 Å². The number of phenolic OH excluding ortho intramolecular Hbond substituents is 1. The maximum atomic E-state index is 10.2. The van der Waals surface area contributed by atoms with Crippen molar-refractivity contribution in [3.8, 4) is 23.0 Å². The van der Waals surface area contributed by atoms with Crippen molar-refractivity contribution in [2.75, 3.05) is 19.8 Å². The number of hydrogen-bond acceptors (Lipinski definition) is 4. The Hall–Kier alpha value is -1.58. The Bertz CT molecular complexity index is 418. The van der Waals surface area contributed by atoms with Crippen LogP contribution in [-0.4, -0.2) is 24.9 Å². The summed E-state index contributed by atoms with van der Waals surface area (Å²) in [5.41, 5.74) is 0. The fourth-order valence-electron chi connectivity index (χ4n) is 1.88. The highest BCUT2D eigenvalue weighted by atomic mass is 16.5. The van der Waals surface area contributed by atoms with Crippen LogP contribution in [0.1, 0.15) is 59.3 Å². The maximum absolute atomic E-state index is 10.2. The van der Waals surface area contributed by atoms with E-state index in [1.807, 2.05) is 6.07 Å². The van der Waals surface area contributed by atoms with E-state index in [2.05, 4.69) is 20.8 Å². The molecule has 0 unspecified atom stereocenters. The number of rotatable bonds is 12. The minimum Gasteiger partial charge on any atom is -0.504 e. The molecule has 0 heterocycles. The van der Waals surface area contributed by atoms with Gasteiger partial charge in [0.15, 0.2) is 11.5 Å². The molecule has 1 N–H and O–H groups in total. The molecule has 126 valence electrons. The number of ether oxygens (including phenoxy) is 3. The zero-order valence-electron chi connectivity index (χ0n) is 14.2. The van der Waals surface area contributed by atoms with Crippen molar-refractivity contribution < 1.29 is 19.3 Å². The van der Waals surface area contributed by atoms with Gasteiger partial charge in [0.2, 0.25) is 5.75 Å². The predicted molar refractivity (Wildman–Crippen MR) is 89.3 cm³/mol. The quantitative estimate of drug-likeness (QED) is 0.556. The fourth-order valence-corrected chi connectivity index (χ4v) is 1.88. The number of unbranched alkanes of at least 4 members (excludes halogenated alkanes) is 3.